The molecule has 3 saturated heterocycles. The number of aromatic nitrogens is 1. The molecular weight excluding hydrogens is 419 g/mol. The van der Waals surface area contributed by atoms with E-state index in [9.17, 15) is 0 Å². The summed E-state index contributed by atoms with van der Waals surface area (Å²) in [6.45, 7) is 2.76. The number of methoxy groups -OCH3 is 1. The number of fused-ring (bicyclic) bond motifs is 5. The highest BCUT2D eigenvalue weighted by Crippen LogP contribution is 2.47. The summed E-state index contributed by atoms with van der Waals surface area (Å²) in [7, 11) is 3.48. The highest BCUT2D eigenvalue weighted by molar-refractivity contribution is 14.0. The minimum absolute atomic E-state index is 0. The number of aliphatic imine (C=N–C) groups is 1. The van der Waals surface area contributed by atoms with Crippen LogP contribution in [0.2, 0.25) is 0 Å². The third kappa shape index (κ3) is 3.20. The molecule has 4 rings (SSSR count). The van der Waals surface area contributed by atoms with Crippen LogP contribution in [0.4, 0.5) is 0 Å². The van der Waals surface area contributed by atoms with Crippen LogP contribution in [-0.2, 0) is 11.3 Å². The number of nitrogens with zero attached hydrogens (tertiary/aromatic N) is 3. The van der Waals surface area contributed by atoms with E-state index in [0.717, 1.165) is 24.7 Å². The fourth-order valence-electron chi connectivity index (χ4n) is 4.30. The second-order valence-electron chi connectivity index (χ2n) is 6.60. The number of nitrogens with one attached hydrogen (secondary N) is 1. The molecule has 2 bridgehead atoms. The molecule has 1 aromatic heterocycles. The Morgan fingerprint density at radius 1 is 1.33 bits per heavy atom. The molecule has 4 atom stereocenters. The summed E-state index contributed by atoms with van der Waals surface area (Å²) in [6.07, 6.45) is 3.43. The summed E-state index contributed by atoms with van der Waals surface area (Å²) < 4.78 is 11.2. The van der Waals surface area contributed by atoms with Crippen molar-refractivity contribution < 1.29 is 9.47 Å². The fraction of sp³-hybridized carbons (Fsp3) is 0.647. The molecule has 4 unspecified atom stereocenters. The molecule has 0 radical (unpaired) electrons. The lowest BCUT2D eigenvalue weighted by molar-refractivity contribution is 0.0767. The fourth-order valence-corrected chi connectivity index (χ4v) is 4.30. The molecule has 0 saturated carbocycles. The molecule has 24 heavy (non-hydrogen) atoms. The van der Waals surface area contributed by atoms with Crippen molar-refractivity contribution in [3.8, 4) is 5.88 Å². The van der Waals surface area contributed by atoms with Gasteiger partial charge in [0.05, 0.1) is 31.6 Å². The van der Waals surface area contributed by atoms with Gasteiger partial charge in [-0.15, -0.1) is 24.0 Å². The first-order valence-corrected chi connectivity index (χ1v) is 8.39. The van der Waals surface area contributed by atoms with Gasteiger partial charge < -0.3 is 19.7 Å². The summed E-state index contributed by atoms with van der Waals surface area (Å²) >= 11 is 0. The van der Waals surface area contributed by atoms with Gasteiger partial charge in [-0.25, -0.2) is 4.98 Å². The highest BCUT2D eigenvalue weighted by Gasteiger charge is 2.53. The van der Waals surface area contributed by atoms with Gasteiger partial charge in [0.1, 0.15) is 0 Å². The second-order valence-corrected chi connectivity index (χ2v) is 6.60. The summed E-state index contributed by atoms with van der Waals surface area (Å²) in [4.78, 5) is 11.3. The van der Waals surface area contributed by atoms with Crippen molar-refractivity contribution >= 4 is 29.9 Å². The van der Waals surface area contributed by atoms with Gasteiger partial charge in [-0.05, 0) is 18.9 Å². The molecule has 1 aromatic rings. The molecule has 3 fully saturated rings. The largest absolute Gasteiger partial charge is 0.481 e. The van der Waals surface area contributed by atoms with Gasteiger partial charge in [-0.3, -0.25) is 4.99 Å². The van der Waals surface area contributed by atoms with Crippen LogP contribution in [0.1, 0.15) is 18.5 Å². The number of hydrogen-bond donors (Lipinski definition) is 1. The van der Waals surface area contributed by atoms with E-state index in [1.54, 1.807) is 7.11 Å². The molecule has 4 heterocycles. The zero-order chi connectivity index (χ0) is 15.8. The van der Waals surface area contributed by atoms with Gasteiger partial charge in [0.25, 0.3) is 0 Å². The van der Waals surface area contributed by atoms with E-state index in [1.807, 2.05) is 25.2 Å². The number of hydrogen-bond acceptors (Lipinski definition) is 4. The van der Waals surface area contributed by atoms with Crippen LogP contribution in [0.5, 0.6) is 5.88 Å². The van der Waals surface area contributed by atoms with Crippen LogP contribution in [0.3, 0.4) is 0 Å². The van der Waals surface area contributed by atoms with E-state index in [1.165, 1.54) is 12.8 Å². The Balaban J connectivity index is 0.00000169. The number of halogens is 1. The first-order valence-electron chi connectivity index (χ1n) is 8.39. The Kier molecular flexibility index (Phi) is 5.49. The van der Waals surface area contributed by atoms with E-state index in [-0.39, 0.29) is 24.0 Å². The lowest BCUT2D eigenvalue weighted by Crippen LogP contribution is -2.41. The van der Waals surface area contributed by atoms with Crippen molar-refractivity contribution in [2.45, 2.75) is 31.6 Å². The van der Waals surface area contributed by atoms with Crippen molar-refractivity contribution in [1.82, 2.24) is 15.2 Å². The van der Waals surface area contributed by atoms with Crippen LogP contribution < -0.4 is 10.1 Å². The Bertz CT molecular complexity index is 594. The Labute approximate surface area is 160 Å². The summed E-state index contributed by atoms with van der Waals surface area (Å²) in [6, 6.07) is 5.81. The summed E-state index contributed by atoms with van der Waals surface area (Å²) in [5.41, 5.74) is 0.952. The van der Waals surface area contributed by atoms with E-state index < -0.39 is 0 Å². The number of ether oxygens (including phenoxy) is 2. The third-order valence-electron chi connectivity index (χ3n) is 5.38. The average molecular weight is 444 g/mol. The van der Waals surface area contributed by atoms with Crippen LogP contribution >= 0.6 is 24.0 Å². The van der Waals surface area contributed by atoms with Crippen molar-refractivity contribution in [3.63, 3.8) is 0 Å². The minimum Gasteiger partial charge on any atom is -0.481 e. The Hall–Kier alpha value is -1.09. The lowest BCUT2D eigenvalue weighted by Gasteiger charge is -2.23. The predicted molar refractivity (Wildman–Crippen MR) is 103 cm³/mol. The molecule has 3 aliphatic heterocycles. The van der Waals surface area contributed by atoms with Crippen molar-refractivity contribution in [2.24, 2.45) is 16.8 Å². The zero-order valence-corrected chi connectivity index (χ0v) is 16.5. The first kappa shape index (κ1) is 17.7. The zero-order valence-electron chi connectivity index (χ0n) is 14.1. The number of rotatable bonds is 3. The smallest absolute Gasteiger partial charge is 0.213 e. The standard InChI is InChI=1S/C17H24N4O2.HI/c1-18-17(19-8-11-4-3-5-16(20-11)22-2)21-9-12-13(10-21)15-7-6-14(12)23-15;/h3-5,12-15H,6-10H2,1-2H3,(H,18,19);1H. The minimum atomic E-state index is 0. The lowest BCUT2D eigenvalue weighted by atomic mass is 9.82. The van der Waals surface area contributed by atoms with E-state index in [2.05, 4.69) is 20.2 Å². The second kappa shape index (κ2) is 7.43. The first-order chi connectivity index (χ1) is 11.3. The van der Waals surface area contributed by atoms with E-state index >= 15 is 0 Å². The molecule has 0 aliphatic carbocycles. The molecule has 132 valence electrons. The van der Waals surface area contributed by atoms with Crippen LogP contribution in [0.25, 0.3) is 0 Å². The molecule has 0 aromatic carbocycles. The quantitative estimate of drug-likeness (QED) is 0.439. The number of likely N-dealkylation sites (tertiary alicyclic amines) is 1. The molecule has 7 heteroatoms. The van der Waals surface area contributed by atoms with Gasteiger partial charge in [-0.1, -0.05) is 6.07 Å². The van der Waals surface area contributed by atoms with Gasteiger partial charge in [0, 0.05) is 38.0 Å². The molecule has 3 aliphatic rings. The van der Waals surface area contributed by atoms with Gasteiger partial charge >= 0.3 is 0 Å². The SMILES string of the molecule is CN=C(NCc1cccc(OC)n1)N1CC2C3CCC(O3)C2C1.I. The van der Waals surface area contributed by atoms with Crippen LogP contribution in [-0.4, -0.2) is 55.3 Å². The topological polar surface area (TPSA) is 59.0 Å². The maximum absolute atomic E-state index is 6.04. The van der Waals surface area contributed by atoms with Crippen molar-refractivity contribution in [1.29, 1.82) is 0 Å². The predicted octanol–water partition coefficient (Wildman–Crippen LogP) is 1.89. The average Bonchev–Trinajstić information content (AvgIpc) is 3.28. The Morgan fingerprint density at radius 3 is 2.67 bits per heavy atom. The highest BCUT2D eigenvalue weighted by atomic mass is 127. The van der Waals surface area contributed by atoms with Gasteiger partial charge in [-0.2, -0.15) is 0 Å². The monoisotopic (exact) mass is 444 g/mol. The van der Waals surface area contributed by atoms with E-state index in [4.69, 9.17) is 9.47 Å². The maximum atomic E-state index is 6.04. The molecule has 1 N–H and O–H groups in total. The summed E-state index contributed by atoms with van der Waals surface area (Å²) in [5, 5.41) is 3.44. The maximum Gasteiger partial charge on any atom is 0.213 e. The summed E-state index contributed by atoms with van der Waals surface area (Å²) in [5.74, 6) is 2.97. The molecule has 6 nitrogen and oxygen atoms in total. The normalized spacial score (nSPS) is 30.9. The van der Waals surface area contributed by atoms with Gasteiger partial charge in [0.15, 0.2) is 5.96 Å². The van der Waals surface area contributed by atoms with Crippen LogP contribution in [0.15, 0.2) is 23.2 Å². The number of pyridine rings is 1. The molecule has 0 spiro atoms. The Morgan fingerprint density at radius 2 is 2.04 bits per heavy atom. The number of guanidine groups is 1. The van der Waals surface area contributed by atoms with Crippen LogP contribution in [0, 0.1) is 11.8 Å². The van der Waals surface area contributed by atoms with Gasteiger partial charge in [0.2, 0.25) is 5.88 Å². The third-order valence-corrected chi connectivity index (χ3v) is 5.38. The van der Waals surface area contributed by atoms with Crippen molar-refractivity contribution in [3.05, 3.63) is 23.9 Å². The molecule has 0 amide bonds. The molecular formula is C17H25IN4O2. The van der Waals surface area contributed by atoms with E-state index in [0.29, 0.717) is 36.5 Å². The van der Waals surface area contributed by atoms with Crippen molar-refractivity contribution in [2.75, 3.05) is 27.2 Å².